The average Bonchev–Trinajstić information content (AvgIpc) is 2.74. The molecule has 0 spiro atoms. The van der Waals surface area contributed by atoms with Gasteiger partial charge in [0.1, 0.15) is 5.82 Å². The van der Waals surface area contributed by atoms with E-state index in [4.69, 9.17) is 27.8 Å². The Balaban J connectivity index is 2.05. The van der Waals surface area contributed by atoms with Crippen molar-refractivity contribution in [2.75, 3.05) is 36.1 Å². The zero-order valence-corrected chi connectivity index (χ0v) is 13.8. The number of aromatic nitrogens is 2. The Kier molecular flexibility index (Phi) is 4.54. The molecule has 1 aliphatic rings. The Morgan fingerprint density at radius 2 is 2.09 bits per heavy atom. The largest absolute Gasteiger partial charge is 0.399 e. The number of halogens is 1. The molecule has 6 nitrogen and oxygen atoms in total. The van der Waals surface area contributed by atoms with Gasteiger partial charge >= 0.3 is 0 Å². The van der Waals surface area contributed by atoms with Gasteiger partial charge in [-0.15, -0.1) is 0 Å². The lowest BCUT2D eigenvalue weighted by Crippen LogP contribution is -2.32. The maximum absolute atomic E-state index is 6.40. The minimum absolute atomic E-state index is 0.0674. The van der Waals surface area contributed by atoms with Crippen molar-refractivity contribution >= 4 is 29.1 Å². The van der Waals surface area contributed by atoms with Gasteiger partial charge in [0.15, 0.2) is 0 Å². The number of nitrogens with zero attached hydrogens (tertiary/aromatic N) is 3. The van der Waals surface area contributed by atoms with Crippen LogP contribution in [0.15, 0.2) is 24.3 Å². The molecule has 4 N–H and O–H groups in total. The summed E-state index contributed by atoms with van der Waals surface area (Å²) >= 11 is 6.40. The van der Waals surface area contributed by atoms with Crippen LogP contribution in [0.5, 0.6) is 0 Å². The van der Waals surface area contributed by atoms with Crippen LogP contribution < -0.4 is 16.4 Å². The number of hydrogen-bond acceptors (Lipinski definition) is 6. The van der Waals surface area contributed by atoms with Gasteiger partial charge in [0.25, 0.3) is 0 Å². The van der Waals surface area contributed by atoms with Crippen LogP contribution in [-0.4, -0.2) is 29.7 Å². The molecule has 1 aliphatic heterocycles. The Morgan fingerprint density at radius 1 is 1.26 bits per heavy atom. The second-order valence-electron chi connectivity index (χ2n) is 5.64. The van der Waals surface area contributed by atoms with E-state index in [0.717, 1.165) is 30.0 Å². The van der Waals surface area contributed by atoms with Gasteiger partial charge in [-0.25, -0.2) is 4.98 Å². The van der Waals surface area contributed by atoms with E-state index >= 15 is 0 Å². The lowest BCUT2D eigenvalue weighted by Gasteiger charge is -2.31. The lowest BCUT2D eigenvalue weighted by atomic mass is 10.0. The third-order valence-corrected chi connectivity index (χ3v) is 4.22. The molecule has 2 heterocycles. The Labute approximate surface area is 140 Å². The molecule has 0 amide bonds. The summed E-state index contributed by atoms with van der Waals surface area (Å²) in [6.07, 6.45) is 0.902. The molecule has 1 fully saturated rings. The molecule has 0 bridgehead atoms. The smallest absolute Gasteiger partial charge is 0.222 e. The fourth-order valence-electron chi connectivity index (χ4n) is 2.85. The van der Waals surface area contributed by atoms with Crippen molar-refractivity contribution in [3.63, 3.8) is 0 Å². The molecule has 1 saturated heterocycles. The number of benzene rings is 1. The molecule has 23 heavy (non-hydrogen) atoms. The normalized spacial score (nSPS) is 18.7. The highest BCUT2D eigenvalue weighted by Crippen LogP contribution is 2.34. The van der Waals surface area contributed by atoms with Gasteiger partial charge in [0.2, 0.25) is 5.95 Å². The third kappa shape index (κ3) is 3.48. The quantitative estimate of drug-likeness (QED) is 0.821. The molecule has 1 aromatic carbocycles. The van der Waals surface area contributed by atoms with Crippen LogP contribution in [0, 0.1) is 6.92 Å². The minimum Gasteiger partial charge on any atom is -0.399 e. The van der Waals surface area contributed by atoms with Gasteiger partial charge in [-0.1, -0.05) is 11.6 Å². The van der Waals surface area contributed by atoms with E-state index in [1.807, 2.05) is 25.1 Å². The standard InChI is InChI=1S/C16H20ClN5O/c1-10-7-15(21-16(19)20-10)22-5-2-6-23-9-14(22)12-8-11(18)3-4-13(12)17/h3-4,7-8,14H,2,5-6,9,18H2,1H3,(H2,19,20,21)/t14-/m0/s1. The summed E-state index contributed by atoms with van der Waals surface area (Å²) in [4.78, 5) is 10.7. The number of ether oxygens (including phenoxy) is 1. The number of nitrogens with two attached hydrogens (primary N) is 2. The molecule has 0 radical (unpaired) electrons. The molecule has 7 heteroatoms. The number of anilines is 3. The highest BCUT2D eigenvalue weighted by atomic mass is 35.5. The minimum atomic E-state index is -0.0674. The van der Waals surface area contributed by atoms with Crippen molar-refractivity contribution in [1.29, 1.82) is 0 Å². The van der Waals surface area contributed by atoms with E-state index < -0.39 is 0 Å². The highest BCUT2D eigenvalue weighted by Gasteiger charge is 2.27. The molecule has 0 unspecified atom stereocenters. The van der Waals surface area contributed by atoms with E-state index in [9.17, 15) is 0 Å². The molecule has 2 aromatic rings. The van der Waals surface area contributed by atoms with Crippen LogP contribution in [0.2, 0.25) is 5.02 Å². The monoisotopic (exact) mass is 333 g/mol. The first-order valence-electron chi connectivity index (χ1n) is 7.55. The molecule has 1 aromatic heterocycles. The summed E-state index contributed by atoms with van der Waals surface area (Å²) < 4.78 is 5.75. The predicted octanol–water partition coefficient (Wildman–Crippen LogP) is 2.57. The van der Waals surface area contributed by atoms with E-state index in [2.05, 4.69) is 14.9 Å². The van der Waals surface area contributed by atoms with Crippen LogP contribution >= 0.6 is 11.6 Å². The van der Waals surface area contributed by atoms with Crippen molar-refractivity contribution in [1.82, 2.24) is 9.97 Å². The highest BCUT2D eigenvalue weighted by molar-refractivity contribution is 6.31. The summed E-state index contributed by atoms with van der Waals surface area (Å²) in [5.74, 6) is 1.05. The number of aryl methyl sites for hydroxylation is 1. The van der Waals surface area contributed by atoms with Crippen molar-refractivity contribution in [3.8, 4) is 0 Å². The Bertz CT molecular complexity index is 689. The predicted molar refractivity (Wildman–Crippen MR) is 92.6 cm³/mol. The summed E-state index contributed by atoms with van der Waals surface area (Å²) in [6.45, 7) is 3.92. The molecule has 0 aliphatic carbocycles. The van der Waals surface area contributed by atoms with E-state index in [1.54, 1.807) is 6.07 Å². The van der Waals surface area contributed by atoms with Gasteiger partial charge in [0.05, 0.1) is 12.6 Å². The summed E-state index contributed by atoms with van der Waals surface area (Å²) in [5.41, 5.74) is 14.2. The van der Waals surface area contributed by atoms with E-state index in [-0.39, 0.29) is 12.0 Å². The van der Waals surface area contributed by atoms with Crippen LogP contribution in [0.4, 0.5) is 17.5 Å². The van der Waals surface area contributed by atoms with Crippen LogP contribution in [0.3, 0.4) is 0 Å². The number of nitrogen functional groups attached to an aromatic ring is 2. The second kappa shape index (κ2) is 6.60. The molecular formula is C16H20ClN5O. The van der Waals surface area contributed by atoms with Gasteiger partial charge < -0.3 is 21.1 Å². The van der Waals surface area contributed by atoms with E-state index in [0.29, 0.717) is 23.9 Å². The van der Waals surface area contributed by atoms with Gasteiger partial charge in [-0.2, -0.15) is 4.98 Å². The van der Waals surface area contributed by atoms with Crippen LogP contribution in [0.1, 0.15) is 23.7 Å². The zero-order chi connectivity index (χ0) is 16.4. The van der Waals surface area contributed by atoms with Crippen LogP contribution in [0.25, 0.3) is 0 Å². The van der Waals surface area contributed by atoms with Gasteiger partial charge in [-0.05, 0) is 37.1 Å². The molecule has 0 saturated carbocycles. The Hall–Kier alpha value is -2.05. The topological polar surface area (TPSA) is 90.3 Å². The fourth-order valence-corrected chi connectivity index (χ4v) is 3.09. The Morgan fingerprint density at radius 3 is 2.87 bits per heavy atom. The van der Waals surface area contributed by atoms with Gasteiger partial charge in [0, 0.05) is 35.6 Å². The van der Waals surface area contributed by atoms with E-state index in [1.165, 1.54) is 0 Å². The number of hydrogen-bond donors (Lipinski definition) is 2. The SMILES string of the molecule is Cc1cc(N2CCCOC[C@H]2c2cc(N)ccc2Cl)nc(N)n1. The first-order chi connectivity index (χ1) is 11.0. The summed E-state index contributed by atoms with van der Waals surface area (Å²) in [6, 6.07) is 7.36. The van der Waals surface area contributed by atoms with Crippen LogP contribution in [-0.2, 0) is 4.74 Å². The maximum Gasteiger partial charge on any atom is 0.222 e. The average molecular weight is 334 g/mol. The molecule has 3 rings (SSSR count). The van der Waals surface area contributed by atoms with Crippen molar-refractivity contribution in [2.45, 2.75) is 19.4 Å². The first kappa shape index (κ1) is 15.8. The second-order valence-corrected chi connectivity index (χ2v) is 6.05. The fraction of sp³-hybridized carbons (Fsp3) is 0.375. The van der Waals surface area contributed by atoms with Crippen molar-refractivity contribution in [2.24, 2.45) is 0 Å². The lowest BCUT2D eigenvalue weighted by molar-refractivity contribution is 0.134. The molecule has 122 valence electrons. The van der Waals surface area contributed by atoms with Crippen molar-refractivity contribution in [3.05, 3.63) is 40.5 Å². The first-order valence-corrected chi connectivity index (χ1v) is 7.93. The number of rotatable bonds is 2. The maximum atomic E-state index is 6.40. The summed E-state index contributed by atoms with van der Waals surface area (Å²) in [5, 5.41) is 0.665. The summed E-state index contributed by atoms with van der Waals surface area (Å²) in [7, 11) is 0. The molecule has 1 atom stereocenters. The van der Waals surface area contributed by atoms with Crippen molar-refractivity contribution < 1.29 is 4.74 Å². The molecular weight excluding hydrogens is 314 g/mol. The third-order valence-electron chi connectivity index (χ3n) is 3.87. The zero-order valence-electron chi connectivity index (χ0n) is 13.0. The van der Waals surface area contributed by atoms with Gasteiger partial charge in [-0.3, -0.25) is 0 Å².